The summed E-state index contributed by atoms with van der Waals surface area (Å²) in [6, 6.07) is 7.32. The largest absolute Gasteiger partial charge is 0.491 e. The van der Waals surface area contributed by atoms with Crippen molar-refractivity contribution in [2.75, 3.05) is 31.1 Å². The molecular weight excluding hydrogens is 553 g/mol. The Balaban J connectivity index is 1.40. The van der Waals surface area contributed by atoms with Crippen molar-refractivity contribution in [2.24, 2.45) is 0 Å². The van der Waals surface area contributed by atoms with Gasteiger partial charge in [-0.05, 0) is 49.3 Å². The molecule has 0 amide bonds. The van der Waals surface area contributed by atoms with Crippen LogP contribution in [0.4, 0.5) is 18.9 Å². The van der Waals surface area contributed by atoms with Crippen molar-refractivity contribution in [2.45, 2.75) is 70.5 Å². The summed E-state index contributed by atoms with van der Waals surface area (Å²) in [6.45, 7) is 6.44. The molecule has 1 aromatic carbocycles. The Bertz CT molecular complexity index is 1440. The van der Waals surface area contributed by atoms with Gasteiger partial charge in [0.05, 0.1) is 12.2 Å². The molecule has 1 saturated heterocycles. The first-order valence-electron chi connectivity index (χ1n) is 14.0. The van der Waals surface area contributed by atoms with Crippen LogP contribution in [0.2, 0.25) is 0 Å². The van der Waals surface area contributed by atoms with Gasteiger partial charge >= 0.3 is 18.1 Å². The predicted molar refractivity (Wildman–Crippen MR) is 147 cm³/mol. The van der Waals surface area contributed by atoms with Gasteiger partial charge < -0.3 is 19.3 Å². The number of halogens is 3. The zero-order valence-corrected chi connectivity index (χ0v) is 23.8. The van der Waals surface area contributed by atoms with Gasteiger partial charge in [0.2, 0.25) is 0 Å². The number of pyridine rings is 1. The van der Waals surface area contributed by atoms with Crippen LogP contribution in [0.3, 0.4) is 0 Å². The fraction of sp³-hybridized carbons (Fsp3) is 0.500. The van der Waals surface area contributed by atoms with E-state index in [1.54, 1.807) is 17.0 Å². The van der Waals surface area contributed by atoms with Crippen LogP contribution in [0.1, 0.15) is 85.2 Å². The summed E-state index contributed by atoms with van der Waals surface area (Å²) in [5, 5.41) is 8.68. The number of anilines is 1. The van der Waals surface area contributed by atoms with Crippen LogP contribution in [-0.2, 0) is 26.3 Å². The minimum atomic E-state index is -5.31. The summed E-state index contributed by atoms with van der Waals surface area (Å²) in [5.41, 5.74) is 3.41. The van der Waals surface area contributed by atoms with Gasteiger partial charge in [-0.2, -0.15) is 13.2 Å². The summed E-state index contributed by atoms with van der Waals surface area (Å²) in [6.07, 6.45) is -1.32. The smallest absolute Gasteiger partial charge is 0.479 e. The maximum Gasteiger partial charge on any atom is 0.491 e. The van der Waals surface area contributed by atoms with E-state index in [1.165, 1.54) is 0 Å². The third-order valence-electron chi connectivity index (χ3n) is 7.65. The van der Waals surface area contributed by atoms with Gasteiger partial charge in [0.1, 0.15) is 17.3 Å². The highest BCUT2D eigenvalue weighted by atomic mass is 19.4. The monoisotopic (exact) mass is 586 g/mol. The molecule has 0 bridgehead atoms. The van der Waals surface area contributed by atoms with Crippen LogP contribution in [0.15, 0.2) is 24.3 Å². The van der Waals surface area contributed by atoms with E-state index in [1.807, 2.05) is 37.8 Å². The first kappa shape index (κ1) is 29.5. The van der Waals surface area contributed by atoms with Crippen molar-refractivity contribution in [1.82, 2.24) is 9.88 Å². The molecule has 1 saturated carbocycles. The number of ether oxygens (including phenoxy) is 2. The molecule has 1 aromatic heterocycles. The second-order valence-electron chi connectivity index (χ2n) is 12.0. The molecule has 3 heterocycles. The number of ketones is 1. The first-order valence-corrected chi connectivity index (χ1v) is 14.0. The summed E-state index contributed by atoms with van der Waals surface area (Å²) in [4.78, 5) is 45.2. The Hall–Kier alpha value is -3.96. The number of amidine groups is 1. The Morgan fingerprint density at radius 3 is 2.38 bits per heavy atom. The number of fused-ring (bicyclic) bond motifs is 1. The van der Waals surface area contributed by atoms with Crippen molar-refractivity contribution in [3.63, 3.8) is 0 Å². The quantitative estimate of drug-likeness (QED) is 0.264. The summed E-state index contributed by atoms with van der Waals surface area (Å²) < 4.78 is 47.3. The molecule has 0 atom stereocenters. The van der Waals surface area contributed by atoms with E-state index < -0.39 is 30.1 Å². The number of nitrogens with zero attached hydrogens (tertiary/aromatic N) is 3. The highest BCUT2D eigenvalue weighted by molar-refractivity contribution is 6.05. The number of nitrogens with one attached hydrogen (secondary N) is 1. The predicted octanol–water partition coefficient (Wildman–Crippen LogP) is 4.89. The van der Waals surface area contributed by atoms with E-state index in [0.717, 1.165) is 36.9 Å². The van der Waals surface area contributed by atoms with Gasteiger partial charge in [-0.25, -0.2) is 14.6 Å². The van der Waals surface area contributed by atoms with Crippen LogP contribution in [0.25, 0.3) is 0 Å². The lowest BCUT2D eigenvalue weighted by Gasteiger charge is -2.29. The number of carbonyl (C=O) groups excluding carboxylic acids is 3. The first-order chi connectivity index (χ1) is 19.7. The fourth-order valence-corrected chi connectivity index (χ4v) is 5.27. The van der Waals surface area contributed by atoms with Gasteiger partial charge in [0.15, 0.2) is 12.4 Å². The lowest BCUT2D eigenvalue weighted by Crippen LogP contribution is -2.31. The Morgan fingerprint density at radius 2 is 1.76 bits per heavy atom. The topological polar surface area (TPSA) is 113 Å². The number of hydrogen-bond donors (Lipinski definition) is 1. The van der Waals surface area contributed by atoms with Gasteiger partial charge in [0.25, 0.3) is 0 Å². The molecule has 3 aliphatic rings. The third kappa shape index (κ3) is 6.27. The summed E-state index contributed by atoms with van der Waals surface area (Å²) in [5.74, 6) is -3.40. The van der Waals surface area contributed by atoms with Crippen LogP contribution in [0.5, 0.6) is 5.75 Å². The van der Waals surface area contributed by atoms with E-state index in [-0.39, 0.29) is 23.9 Å². The number of hydrogen-bond acceptors (Lipinski definition) is 8. The molecule has 1 aliphatic carbocycles. The van der Waals surface area contributed by atoms with E-state index >= 15 is 0 Å². The average Bonchev–Trinajstić information content (AvgIpc) is 3.53. The number of Topliss-reactive ketones (excluding diaryl/α,β-unsaturated/α-hetero) is 1. The molecule has 0 unspecified atom stereocenters. The highest BCUT2D eigenvalue weighted by Gasteiger charge is 2.42. The Kier molecular flexibility index (Phi) is 7.76. The van der Waals surface area contributed by atoms with Crippen molar-refractivity contribution in [1.29, 1.82) is 5.41 Å². The lowest BCUT2D eigenvalue weighted by atomic mass is 9.84. The molecule has 2 aliphatic heterocycles. The number of rotatable bonds is 8. The van der Waals surface area contributed by atoms with Crippen molar-refractivity contribution in [3.8, 4) is 5.75 Å². The lowest BCUT2D eigenvalue weighted by molar-refractivity contribution is -0.202. The van der Waals surface area contributed by atoms with Crippen molar-refractivity contribution >= 4 is 29.2 Å². The second-order valence-corrected chi connectivity index (χ2v) is 12.0. The van der Waals surface area contributed by atoms with E-state index in [4.69, 9.17) is 15.1 Å². The molecular formula is C30H33F3N4O5. The molecule has 42 heavy (non-hydrogen) atoms. The number of esters is 2. The van der Waals surface area contributed by atoms with Crippen LogP contribution >= 0.6 is 0 Å². The molecule has 12 heteroatoms. The second kappa shape index (κ2) is 11.0. The molecule has 224 valence electrons. The third-order valence-corrected chi connectivity index (χ3v) is 7.65. The Labute approximate surface area is 241 Å². The maximum atomic E-state index is 13.7. The number of benzene rings is 1. The Morgan fingerprint density at radius 1 is 1.07 bits per heavy atom. The molecule has 5 rings (SSSR count). The van der Waals surface area contributed by atoms with Gasteiger partial charge in [-0.3, -0.25) is 10.2 Å². The molecule has 9 nitrogen and oxygen atoms in total. The van der Waals surface area contributed by atoms with E-state index in [0.29, 0.717) is 48.1 Å². The zero-order valence-electron chi connectivity index (χ0n) is 23.8. The molecule has 2 aromatic rings. The van der Waals surface area contributed by atoms with Crippen molar-refractivity contribution < 1.29 is 37.0 Å². The SMILES string of the molecule is CC(C)(C)c1cc(C(=O)CN2Cc3ccc(C4CC4)nc3C2=N)cc(N2CCCC2)c1OCC(=O)OC(=O)C(F)(F)F. The molecule has 0 spiro atoms. The van der Waals surface area contributed by atoms with Gasteiger partial charge in [-0.15, -0.1) is 0 Å². The fourth-order valence-electron chi connectivity index (χ4n) is 5.27. The molecule has 2 fully saturated rings. The summed E-state index contributed by atoms with van der Waals surface area (Å²) in [7, 11) is 0. The number of alkyl halides is 3. The van der Waals surface area contributed by atoms with E-state index in [9.17, 15) is 27.6 Å². The summed E-state index contributed by atoms with van der Waals surface area (Å²) >= 11 is 0. The number of aromatic nitrogens is 1. The normalized spacial score (nSPS) is 17.0. The van der Waals surface area contributed by atoms with Crippen LogP contribution in [0, 0.1) is 5.41 Å². The highest BCUT2D eigenvalue weighted by Crippen LogP contribution is 2.42. The minimum Gasteiger partial charge on any atom is -0.479 e. The van der Waals surface area contributed by atoms with Crippen molar-refractivity contribution in [3.05, 3.63) is 52.3 Å². The van der Waals surface area contributed by atoms with Crippen LogP contribution in [-0.4, -0.2) is 65.9 Å². The minimum absolute atomic E-state index is 0.0386. The van der Waals surface area contributed by atoms with Gasteiger partial charge in [-0.1, -0.05) is 26.8 Å². The standard InChI is InChI=1S/C30H33F3N4O5/c1-29(2,3)20-12-19(23(38)15-37-14-18-8-9-21(17-6-7-17)35-25(18)27(37)34)13-22(36-10-4-5-11-36)26(20)41-16-24(39)42-28(40)30(31,32)33/h8-9,12-13,17,34H,4-7,10-11,14-16H2,1-3H3. The molecule has 0 radical (unpaired) electrons. The zero-order chi connectivity index (χ0) is 30.4. The molecule has 1 N–H and O–H groups in total. The number of carbonyl (C=O) groups is 3. The van der Waals surface area contributed by atoms with E-state index in [2.05, 4.69) is 4.74 Å². The average molecular weight is 587 g/mol. The van der Waals surface area contributed by atoms with Gasteiger partial charge in [0, 0.05) is 47.9 Å². The maximum absolute atomic E-state index is 13.7. The van der Waals surface area contributed by atoms with Crippen LogP contribution < -0.4 is 9.64 Å².